The standard InChI is InChI=1S/C26H48N6O7/c1-2-3-4-5-6-7-8-9-10-11-12-15-21(33)31-19(14-13-16-29-26(27)28)24(37)30-18-22(34)32-20(25(38)39)17-23(35)36/h19-20H,2-18H2,1H3,(H,30,37)(H,31,33)(H,32,34)(H,35,36)(H,38,39)(H4,27,28,29)/t19-,20-/m0/s1. The van der Waals surface area contributed by atoms with Gasteiger partial charge in [0.1, 0.15) is 12.1 Å². The monoisotopic (exact) mass is 556 g/mol. The van der Waals surface area contributed by atoms with Gasteiger partial charge in [0, 0.05) is 13.0 Å². The Hall–Kier alpha value is -3.38. The highest BCUT2D eigenvalue weighted by Gasteiger charge is 2.24. The molecule has 13 nitrogen and oxygen atoms in total. The third kappa shape index (κ3) is 21.3. The molecule has 0 spiro atoms. The minimum atomic E-state index is -1.63. The third-order valence-corrected chi connectivity index (χ3v) is 6.04. The van der Waals surface area contributed by atoms with Crippen LogP contribution >= 0.6 is 0 Å². The van der Waals surface area contributed by atoms with E-state index in [0.717, 1.165) is 19.3 Å². The van der Waals surface area contributed by atoms with Crippen LogP contribution in [0.5, 0.6) is 0 Å². The van der Waals surface area contributed by atoms with E-state index in [-0.39, 0.29) is 31.3 Å². The zero-order valence-electron chi connectivity index (χ0n) is 23.2. The molecule has 0 fully saturated rings. The highest BCUT2D eigenvalue weighted by Crippen LogP contribution is 2.12. The third-order valence-electron chi connectivity index (χ3n) is 6.04. The number of amides is 3. The lowest BCUT2D eigenvalue weighted by Crippen LogP contribution is -2.51. The lowest BCUT2D eigenvalue weighted by atomic mass is 10.0. The Morgan fingerprint density at radius 2 is 1.28 bits per heavy atom. The number of rotatable bonds is 24. The van der Waals surface area contributed by atoms with Gasteiger partial charge in [-0.3, -0.25) is 24.2 Å². The van der Waals surface area contributed by atoms with Crippen molar-refractivity contribution in [3.05, 3.63) is 0 Å². The minimum absolute atomic E-state index is 0.0949. The number of carboxylic acids is 2. The summed E-state index contributed by atoms with van der Waals surface area (Å²) in [5, 5.41) is 24.9. The maximum Gasteiger partial charge on any atom is 0.326 e. The second-order valence-electron chi connectivity index (χ2n) is 9.63. The molecule has 0 saturated heterocycles. The number of nitrogens with two attached hydrogens (primary N) is 2. The topological polar surface area (TPSA) is 226 Å². The summed E-state index contributed by atoms with van der Waals surface area (Å²) in [5.41, 5.74) is 10.6. The Morgan fingerprint density at radius 1 is 0.744 bits per heavy atom. The average Bonchev–Trinajstić information content (AvgIpc) is 2.86. The zero-order chi connectivity index (χ0) is 29.5. The molecule has 0 radical (unpaired) electrons. The van der Waals surface area contributed by atoms with Gasteiger partial charge in [0.15, 0.2) is 5.96 Å². The Morgan fingerprint density at radius 3 is 1.79 bits per heavy atom. The number of unbranched alkanes of at least 4 members (excludes halogenated alkanes) is 10. The molecule has 0 aliphatic rings. The largest absolute Gasteiger partial charge is 0.481 e. The lowest BCUT2D eigenvalue weighted by molar-refractivity contribution is -0.147. The first kappa shape index (κ1) is 35.6. The molecule has 0 aliphatic heterocycles. The van der Waals surface area contributed by atoms with Crippen LogP contribution in [0.4, 0.5) is 0 Å². The van der Waals surface area contributed by atoms with E-state index in [1.807, 2.05) is 5.32 Å². The van der Waals surface area contributed by atoms with Crippen molar-refractivity contribution in [2.75, 3.05) is 13.1 Å². The van der Waals surface area contributed by atoms with Gasteiger partial charge in [0.2, 0.25) is 17.7 Å². The van der Waals surface area contributed by atoms with Crippen LogP contribution in [-0.4, -0.2) is 71.0 Å². The molecular formula is C26H48N6O7. The second-order valence-corrected chi connectivity index (χ2v) is 9.63. The molecule has 3 amide bonds. The van der Waals surface area contributed by atoms with Gasteiger partial charge in [-0.25, -0.2) is 4.79 Å². The summed E-state index contributed by atoms with van der Waals surface area (Å²) in [6.45, 7) is 1.87. The van der Waals surface area contributed by atoms with Crippen LogP contribution in [0.3, 0.4) is 0 Å². The fourth-order valence-corrected chi connectivity index (χ4v) is 3.90. The van der Waals surface area contributed by atoms with Crippen molar-refractivity contribution in [1.29, 1.82) is 0 Å². The molecule has 0 bridgehead atoms. The molecule has 224 valence electrons. The number of aliphatic carboxylic acids is 2. The van der Waals surface area contributed by atoms with Crippen LogP contribution in [0, 0.1) is 0 Å². The number of aliphatic imine (C=N–C) groups is 1. The fraction of sp³-hybridized carbons (Fsp3) is 0.769. The number of carboxylic acid groups (broad SMARTS) is 2. The van der Waals surface area contributed by atoms with Gasteiger partial charge < -0.3 is 37.6 Å². The normalized spacial score (nSPS) is 12.1. The van der Waals surface area contributed by atoms with E-state index in [4.69, 9.17) is 21.7 Å². The van der Waals surface area contributed by atoms with E-state index in [0.29, 0.717) is 12.8 Å². The zero-order valence-corrected chi connectivity index (χ0v) is 23.2. The predicted molar refractivity (Wildman–Crippen MR) is 148 cm³/mol. The number of nitrogens with zero attached hydrogens (tertiary/aromatic N) is 1. The molecule has 2 atom stereocenters. The van der Waals surface area contributed by atoms with Crippen molar-refractivity contribution >= 4 is 35.6 Å². The summed E-state index contributed by atoms with van der Waals surface area (Å²) in [6.07, 6.45) is 12.8. The number of guanidine groups is 1. The number of carbonyl (C=O) groups excluding carboxylic acids is 3. The predicted octanol–water partition coefficient (Wildman–Crippen LogP) is 1.39. The maximum absolute atomic E-state index is 12.7. The summed E-state index contributed by atoms with van der Waals surface area (Å²) in [6, 6.07) is -2.57. The van der Waals surface area contributed by atoms with E-state index in [1.165, 1.54) is 44.9 Å². The van der Waals surface area contributed by atoms with E-state index in [9.17, 15) is 24.0 Å². The van der Waals surface area contributed by atoms with Crippen molar-refractivity contribution in [3.8, 4) is 0 Å². The van der Waals surface area contributed by atoms with Crippen molar-refractivity contribution in [1.82, 2.24) is 16.0 Å². The highest BCUT2D eigenvalue weighted by molar-refractivity contribution is 5.92. The summed E-state index contributed by atoms with van der Waals surface area (Å²) in [7, 11) is 0. The first-order chi connectivity index (χ1) is 18.6. The van der Waals surface area contributed by atoms with E-state index < -0.39 is 48.8 Å². The molecule has 9 N–H and O–H groups in total. The molecule has 0 rings (SSSR count). The summed E-state index contributed by atoms with van der Waals surface area (Å²) in [5.74, 6) is -4.79. The molecule has 0 unspecified atom stereocenters. The van der Waals surface area contributed by atoms with Crippen LogP contribution in [-0.2, 0) is 24.0 Å². The number of nitrogens with one attached hydrogen (secondary N) is 3. The highest BCUT2D eigenvalue weighted by atomic mass is 16.4. The average molecular weight is 557 g/mol. The van der Waals surface area contributed by atoms with Crippen LogP contribution in [0.1, 0.15) is 103 Å². The smallest absolute Gasteiger partial charge is 0.326 e. The molecule has 0 saturated carbocycles. The Balaban J connectivity index is 4.55. The Labute approximate surface area is 230 Å². The summed E-state index contributed by atoms with van der Waals surface area (Å²) >= 11 is 0. The molecule has 0 heterocycles. The molecule has 0 aromatic heterocycles. The molecule has 0 aromatic rings. The maximum atomic E-state index is 12.7. The Bertz CT molecular complexity index is 787. The molecule has 0 aliphatic carbocycles. The van der Waals surface area contributed by atoms with Gasteiger partial charge in [0.05, 0.1) is 13.0 Å². The first-order valence-corrected chi connectivity index (χ1v) is 13.9. The first-order valence-electron chi connectivity index (χ1n) is 13.9. The van der Waals surface area contributed by atoms with E-state index >= 15 is 0 Å². The van der Waals surface area contributed by atoms with Crippen molar-refractivity contribution in [2.45, 2.75) is 115 Å². The molecule has 13 heteroatoms. The minimum Gasteiger partial charge on any atom is -0.481 e. The van der Waals surface area contributed by atoms with Gasteiger partial charge in [-0.2, -0.15) is 0 Å². The van der Waals surface area contributed by atoms with Crippen molar-refractivity contribution in [3.63, 3.8) is 0 Å². The summed E-state index contributed by atoms with van der Waals surface area (Å²) < 4.78 is 0. The van der Waals surface area contributed by atoms with E-state index in [1.54, 1.807) is 0 Å². The fourth-order valence-electron chi connectivity index (χ4n) is 3.90. The van der Waals surface area contributed by atoms with Crippen LogP contribution in [0.15, 0.2) is 4.99 Å². The Kier molecular flexibility index (Phi) is 20.6. The lowest BCUT2D eigenvalue weighted by Gasteiger charge is -2.19. The van der Waals surface area contributed by atoms with Gasteiger partial charge in [-0.05, 0) is 19.3 Å². The van der Waals surface area contributed by atoms with Crippen LogP contribution in [0.25, 0.3) is 0 Å². The SMILES string of the molecule is CCCCCCCCCCCCCC(=O)N[C@@H](CCCN=C(N)N)C(=O)NCC(=O)N[C@@H](CC(=O)O)C(=O)O. The molecular weight excluding hydrogens is 508 g/mol. The van der Waals surface area contributed by atoms with Gasteiger partial charge in [-0.15, -0.1) is 0 Å². The molecule has 0 aromatic carbocycles. The van der Waals surface area contributed by atoms with Crippen molar-refractivity contribution < 1.29 is 34.2 Å². The second kappa shape index (κ2) is 22.6. The molecule has 39 heavy (non-hydrogen) atoms. The van der Waals surface area contributed by atoms with E-state index in [2.05, 4.69) is 22.5 Å². The van der Waals surface area contributed by atoms with Crippen LogP contribution < -0.4 is 27.4 Å². The van der Waals surface area contributed by atoms with Gasteiger partial charge in [-0.1, -0.05) is 71.1 Å². The van der Waals surface area contributed by atoms with Gasteiger partial charge >= 0.3 is 11.9 Å². The number of carbonyl (C=O) groups is 5. The van der Waals surface area contributed by atoms with Gasteiger partial charge in [0.25, 0.3) is 0 Å². The summed E-state index contributed by atoms with van der Waals surface area (Å²) in [4.78, 5) is 62.9. The van der Waals surface area contributed by atoms with Crippen molar-refractivity contribution in [2.24, 2.45) is 16.5 Å². The number of hydrogen-bond donors (Lipinski definition) is 7. The van der Waals surface area contributed by atoms with Crippen LogP contribution in [0.2, 0.25) is 0 Å². The quantitative estimate of drug-likeness (QED) is 0.0517. The number of hydrogen-bond acceptors (Lipinski definition) is 6.